The van der Waals surface area contributed by atoms with Crippen LogP contribution < -0.4 is 0 Å². The molecule has 0 aromatic heterocycles. The van der Waals surface area contributed by atoms with Gasteiger partial charge in [-0.15, -0.1) is 0 Å². The van der Waals surface area contributed by atoms with Gasteiger partial charge in [0, 0.05) is 10.0 Å². The summed E-state index contributed by atoms with van der Waals surface area (Å²) in [7, 11) is 0. The van der Waals surface area contributed by atoms with Crippen LogP contribution in [0.5, 0.6) is 0 Å². The van der Waals surface area contributed by atoms with Crippen molar-refractivity contribution in [3.63, 3.8) is 0 Å². The van der Waals surface area contributed by atoms with E-state index in [9.17, 15) is 4.79 Å². The van der Waals surface area contributed by atoms with Gasteiger partial charge >= 0.3 is 5.97 Å². The number of hydrogen-bond acceptors (Lipinski definition) is 3. The van der Waals surface area contributed by atoms with Crippen molar-refractivity contribution in [2.24, 2.45) is 4.99 Å². The number of rotatable bonds is 2. The first-order valence-corrected chi connectivity index (χ1v) is 8.26. The summed E-state index contributed by atoms with van der Waals surface area (Å²) >= 11 is 3.39. The molecule has 0 atom stereocenters. The number of ether oxygens (including phenoxy) is 1. The van der Waals surface area contributed by atoms with Crippen LogP contribution in [0.1, 0.15) is 11.1 Å². The third-order valence-electron chi connectivity index (χ3n) is 3.83. The number of hydrogen-bond donors (Lipinski definition) is 0. The SMILES string of the molecule is O=C1OC(c2ccc(Br)cc2)=NC1=Cc1cccc2ccccc12. The molecule has 0 spiro atoms. The first-order chi connectivity index (χ1) is 11.7. The lowest BCUT2D eigenvalue weighted by Gasteiger charge is -2.01. The van der Waals surface area contributed by atoms with Gasteiger partial charge in [-0.2, -0.15) is 0 Å². The van der Waals surface area contributed by atoms with Gasteiger partial charge < -0.3 is 4.74 Å². The van der Waals surface area contributed by atoms with Crippen LogP contribution >= 0.6 is 15.9 Å². The van der Waals surface area contributed by atoms with Gasteiger partial charge in [0.1, 0.15) is 0 Å². The first kappa shape index (κ1) is 14.8. The Labute approximate surface area is 147 Å². The van der Waals surface area contributed by atoms with Gasteiger partial charge in [0.25, 0.3) is 0 Å². The number of halogens is 1. The van der Waals surface area contributed by atoms with Crippen LogP contribution in [-0.4, -0.2) is 11.9 Å². The Balaban J connectivity index is 1.76. The predicted molar refractivity (Wildman–Crippen MR) is 98.7 cm³/mol. The van der Waals surface area contributed by atoms with E-state index in [-0.39, 0.29) is 0 Å². The molecule has 4 rings (SSSR count). The molecule has 3 aromatic carbocycles. The zero-order valence-electron chi connectivity index (χ0n) is 12.6. The molecule has 0 saturated heterocycles. The third kappa shape index (κ3) is 2.76. The Morgan fingerprint density at radius 1 is 0.917 bits per heavy atom. The summed E-state index contributed by atoms with van der Waals surface area (Å²) in [6.07, 6.45) is 1.77. The molecule has 0 unspecified atom stereocenters. The third-order valence-corrected chi connectivity index (χ3v) is 4.36. The highest BCUT2D eigenvalue weighted by molar-refractivity contribution is 9.10. The molecule has 0 N–H and O–H groups in total. The zero-order chi connectivity index (χ0) is 16.5. The molecule has 1 heterocycles. The fourth-order valence-electron chi connectivity index (χ4n) is 2.65. The van der Waals surface area contributed by atoms with Gasteiger partial charge in [-0.3, -0.25) is 0 Å². The van der Waals surface area contributed by atoms with Gasteiger partial charge in [-0.1, -0.05) is 58.4 Å². The molecule has 1 aliphatic rings. The van der Waals surface area contributed by atoms with Crippen molar-refractivity contribution in [3.8, 4) is 0 Å². The molecule has 0 aliphatic carbocycles. The molecule has 0 amide bonds. The van der Waals surface area contributed by atoms with Crippen LogP contribution in [-0.2, 0) is 9.53 Å². The number of nitrogens with zero attached hydrogens (tertiary/aromatic N) is 1. The molecule has 0 saturated carbocycles. The van der Waals surface area contributed by atoms with E-state index in [1.807, 2.05) is 66.7 Å². The van der Waals surface area contributed by atoms with E-state index in [0.29, 0.717) is 11.6 Å². The maximum absolute atomic E-state index is 12.2. The number of aliphatic imine (C=N–C) groups is 1. The average molecular weight is 378 g/mol. The lowest BCUT2D eigenvalue weighted by atomic mass is 10.0. The minimum absolute atomic E-state index is 0.310. The van der Waals surface area contributed by atoms with Crippen LogP contribution in [0.25, 0.3) is 16.8 Å². The number of fused-ring (bicyclic) bond motifs is 1. The fraction of sp³-hybridized carbons (Fsp3) is 0. The summed E-state index contributed by atoms with van der Waals surface area (Å²) in [5, 5.41) is 2.20. The molecule has 4 heteroatoms. The van der Waals surface area contributed by atoms with E-state index in [0.717, 1.165) is 26.4 Å². The molecule has 3 nitrogen and oxygen atoms in total. The van der Waals surface area contributed by atoms with Crippen molar-refractivity contribution in [3.05, 3.63) is 88.0 Å². The molecule has 0 bridgehead atoms. The normalized spacial score (nSPS) is 15.6. The van der Waals surface area contributed by atoms with Crippen LogP contribution in [0.2, 0.25) is 0 Å². The number of cyclic esters (lactones) is 1. The Bertz CT molecular complexity index is 998. The molecule has 116 valence electrons. The lowest BCUT2D eigenvalue weighted by Crippen LogP contribution is -2.05. The van der Waals surface area contributed by atoms with E-state index in [1.54, 1.807) is 6.08 Å². The van der Waals surface area contributed by atoms with E-state index >= 15 is 0 Å². The van der Waals surface area contributed by atoms with Crippen LogP contribution in [0.4, 0.5) is 0 Å². The van der Waals surface area contributed by atoms with E-state index < -0.39 is 5.97 Å². The first-order valence-electron chi connectivity index (χ1n) is 7.47. The number of carbonyl (C=O) groups is 1. The van der Waals surface area contributed by atoms with Crippen LogP contribution in [0.3, 0.4) is 0 Å². The second-order valence-electron chi connectivity index (χ2n) is 5.41. The minimum Gasteiger partial charge on any atom is -0.402 e. The highest BCUT2D eigenvalue weighted by atomic mass is 79.9. The van der Waals surface area contributed by atoms with E-state index in [1.165, 1.54) is 0 Å². The maximum atomic E-state index is 12.2. The zero-order valence-corrected chi connectivity index (χ0v) is 14.2. The minimum atomic E-state index is -0.430. The highest BCUT2D eigenvalue weighted by Gasteiger charge is 2.24. The van der Waals surface area contributed by atoms with Gasteiger partial charge in [0.2, 0.25) is 5.90 Å². The Morgan fingerprint density at radius 3 is 2.50 bits per heavy atom. The molecule has 1 aliphatic heterocycles. The second-order valence-corrected chi connectivity index (χ2v) is 6.33. The Hall–Kier alpha value is -2.72. The molecule has 24 heavy (non-hydrogen) atoms. The summed E-state index contributed by atoms with van der Waals surface area (Å²) in [6.45, 7) is 0. The predicted octanol–water partition coefficient (Wildman–Crippen LogP) is 4.95. The molecule has 3 aromatic rings. The maximum Gasteiger partial charge on any atom is 0.363 e. The average Bonchev–Trinajstić information content (AvgIpc) is 2.97. The summed E-state index contributed by atoms with van der Waals surface area (Å²) in [6, 6.07) is 21.5. The van der Waals surface area contributed by atoms with Gasteiger partial charge in [0.15, 0.2) is 5.70 Å². The van der Waals surface area contributed by atoms with Crippen LogP contribution in [0.15, 0.2) is 81.9 Å². The second kappa shape index (κ2) is 6.06. The Morgan fingerprint density at radius 2 is 1.67 bits per heavy atom. The lowest BCUT2D eigenvalue weighted by molar-refractivity contribution is -0.129. The summed E-state index contributed by atoms with van der Waals surface area (Å²) in [5.74, 6) is -0.0974. The van der Waals surface area contributed by atoms with Gasteiger partial charge in [-0.05, 0) is 46.7 Å². The molecular weight excluding hydrogens is 366 g/mol. The van der Waals surface area contributed by atoms with E-state index in [2.05, 4.69) is 20.9 Å². The quantitative estimate of drug-likeness (QED) is 0.468. The van der Waals surface area contributed by atoms with Crippen molar-refractivity contribution in [2.75, 3.05) is 0 Å². The van der Waals surface area contributed by atoms with Gasteiger partial charge in [0.05, 0.1) is 0 Å². The van der Waals surface area contributed by atoms with Crippen molar-refractivity contribution >= 4 is 44.6 Å². The molecule has 0 radical (unpaired) electrons. The monoisotopic (exact) mass is 377 g/mol. The number of benzene rings is 3. The summed E-state index contributed by atoms with van der Waals surface area (Å²) in [4.78, 5) is 16.5. The van der Waals surface area contributed by atoms with Gasteiger partial charge in [-0.25, -0.2) is 9.79 Å². The molecular formula is C20H12BrNO2. The molecule has 0 fully saturated rings. The summed E-state index contributed by atoms with van der Waals surface area (Å²) in [5.41, 5.74) is 2.03. The van der Waals surface area contributed by atoms with Crippen molar-refractivity contribution < 1.29 is 9.53 Å². The summed E-state index contributed by atoms with van der Waals surface area (Å²) < 4.78 is 6.27. The van der Waals surface area contributed by atoms with E-state index in [4.69, 9.17) is 4.74 Å². The number of carbonyl (C=O) groups excluding carboxylic acids is 1. The number of esters is 1. The van der Waals surface area contributed by atoms with Crippen molar-refractivity contribution in [1.29, 1.82) is 0 Å². The fourth-order valence-corrected chi connectivity index (χ4v) is 2.91. The topological polar surface area (TPSA) is 38.7 Å². The smallest absolute Gasteiger partial charge is 0.363 e. The van der Waals surface area contributed by atoms with Crippen molar-refractivity contribution in [1.82, 2.24) is 0 Å². The Kier molecular flexibility index (Phi) is 3.75. The van der Waals surface area contributed by atoms with Crippen LogP contribution in [0, 0.1) is 0 Å². The van der Waals surface area contributed by atoms with Crippen molar-refractivity contribution in [2.45, 2.75) is 0 Å². The largest absolute Gasteiger partial charge is 0.402 e. The standard InChI is InChI=1S/C20H12BrNO2/c21-16-10-8-14(9-11-16)19-22-18(20(23)24-19)12-15-6-3-5-13-4-1-2-7-17(13)15/h1-12H. The highest BCUT2D eigenvalue weighted by Crippen LogP contribution is 2.24.